The van der Waals surface area contributed by atoms with Crippen molar-refractivity contribution in [2.75, 3.05) is 25.0 Å². The van der Waals surface area contributed by atoms with Crippen molar-refractivity contribution in [3.63, 3.8) is 0 Å². The van der Waals surface area contributed by atoms with E-state index < -0.39 is 0 Å². The summed E-state index contributed by atoms with van der Waals surface area (Å²) in [5.41, 5.74) is 1.18. The molecule has 0 spiro atoms. The molecule has 0 saturated carbocycles. The largest absolute Gasteiger partial charge is 0.370 e. The minimum atomic E-state index is 0.895. The van der Waals surface area contributed by atoms with Gasteiger partial charge >= 0.3 is 0 Å². The number of nitrogens with one attached hydrogen (secondary N) is 1. The fourth-order valence-electron chi connectivity index (χ4n) is 2.47. The van der Waals surface area contributed by atoms with Crippen LogP contribution in [-0.4, -0.2) is 29.5 Å². The molecule has 94 valence electrons. The van der Waals surface area contributed by atoms with Gasteiger partial charge in [-0.05, 0) is 37.9 Å². The topological polar surface area (TPSA) is 28.2 Å². The molecular weight excluding hydrogens is 210 g/mol. The fraction of sp³-hybridized carbons (Fsp3) is 0.643. The number of nitrogens with zero attached hydrogens (tertiary/aromatic N) is 2. The molecule has 2 heterocycles. The average molecular weight is 233 g/mol. The highest BCUT2D eigenvalue weighted by Crippen LogP contribution is 2.20. The van der Waals surface area contributed by atoms with Crippen molar-refractivity contribution in [3.8, 4) is 0 Å². The molecule has 1 unspecified atom stereocenters. The van der Waals surface area contributed by atoms with Gasteiger partial charge in [0.05, 0.1) is 5.69 Å². The lowest BCUT2D eigenvalue weighted by Gasteiger charge is -2.15. The van der Waals surface area contributed by atoms with Crippen molar-refractivity contribution in [2.45, 2.75) is 33.2 Å². The van der Waals surface area contributed by atoms with E-state index in [1.54, 1.807) is 0 Å². The molecule has 3 nitrogen and oxygen atoms in total. The molecule has 1 aromatic rings. The van der Waals surface area contributed by atoms with Gasteiger partial charge in [-0.3, -0.25) is 4.90 Å². The first-order valence-electron chi connectivity index (χ1n) is 6.74. The maximum absolute atomic E-state index is 4.62. The van der Waals surface area contributed by atoms with Gasteiger partial charge in [-0.25, -0.2) is 4.98 Å². The zero-order chi connectivity index (χ0) is 12.1. The van der Waals surface area contributed by atoms with Crippen LogP contribution in [0.5, 0.6) is 0 Å². The van der Waals surface area contributed by atoms with Crippen LogP contribution < -0.4 is 5.32 Å². The monoisotopic (exact) mass is 233 g/mol. The van der Waals surface area contributed by atoms with Crippen LogP contribution in [0.15, 0.2) is 18.2 Å². The maximum Gasteiger partial charge on any atom is 0.126 e. The molecule has 1 aromatic heterocycles. The molecule has 1 aliphatic rings. The summed E-state index contributed by atoms with van der Waals surface area (Å²) >= 11 is 0. The van der Waals surface area contributed by atoms with Crippen LogP contribution in [-0.2, 0) is 6.54 Å². The Morgan fingerprint density at radius 2 is 2.29 bits per heavy atom. The van der Waals surface area contributed by atoms with Crippen molar-refractivity contribution in [1.29, 1.82) is 0 Å². The van der Waals surface area contributed by atoms with Gasteiger partial charge in [0.15, 0.2) is 0 Å². The number of rotatable bonds is 5. The normalized spacial score (nSPS) is 20.7. The number of likely N-dealkylation sites (tertiary alicyclic amines) is 1. The van der Waals surface area contributed by atoms with Crippen LogP contribution >= 0.6 is 0 Å². The Morgan fingerprint density at radius 3 is 3.00 bits per heavy atom. The molecule has 0 aromatic carbocycles. The second-order valence-corrected chi connectivity index (χ2v) is 4.84. The third kappa shape index (κ3) is 3.43. The molecule has 1 saturated heterocycles. The second-order valence-electron chi connectivity index (χ2n) is 4.84. The SMILES string of the molecule is CCNc1cccc(CN2CCC(CC)C2)n1. The molecule has 1 aliphatic heterocycles. The number of aromatic nitrogens is 1. The van der Waals surface area contributed by atoms with E-state index in [2.05, 4.69) is 41.2 Å². The van der Waals surface area contributed by atoms with Gasteiger partial charge in [-0.15, -0.1) is 0 Å². The Labute approximate surface area is 104 Å². The first-order valence-corrected chi connectivity index (χ1v) is 6.74. The van der Waals surface area contributed by atoms with Gasteiger partial charge in [-0.1, -0.05) is 19.4 Å². The smallest absolute Gasteiger partial charge is 0.126 e. The number of anilines is 1. The molecular formula is C14H23N3. The number of hydrogen-bond donors (Lipinski definition) is 1. The van der Waals surface area contributed by atoms with E-state index in [0.29, 0.717) is 0 Å². The second kappa shape index (κ2) is 6.01. The van der Waals surface area contributed by atoms with Gasteiger partial charge in [-0.2, -0.15) is 0 Å². The van der Waals surface area contributed by atoms with E-state index in [0.717, 1.165) is 24.8 Å². The third-order valence-corrected chi connectivity index (χ3v) is 3.50. The first-order chi connectivity index (χ1) is 8.31. The van der Waals surface area contributed by atoms with Crippen molar-refractivity contribution >= 4 is 5.82 Å². The minimum Gasteiger partial charge on any atom is -0.370 e. The average Bonchev–Trinajstić information content (AvgIpc) is 2.78. The lowest BCUT2D eigenvalue weighted by Crippen LogP contribution is -2.20. The predicted octanol–water partition coefficient (Wildman–Crippen LogP) is 2.75. The molecule has 0 radical (unpaired) electrons. The van der Waals surface area contributed by atoms with E-state index in [1.807, 2.05) is 6.07 Å². The Morgan fingerprint density at radius 1 is 1.41 bits per heavy atom. The molecule has 2 rings (SSSR count). The number of hydrogen-bond acceptors (Lipinski definition) is 3. The van der Waals surface area contributed by atoms with E-state index in [9.17, 15) is 0 Å². The minimum absolute atomic E-state index is 0.895. The van der Waals surface area contributed by atoms with Crippen molar-refractivity contribution in [1.82, 2.24) is 9.88 Å². The predicted molar refractivity (Wildman–Crippen MR) is 72.1 cm³/mol. The van der Waals surface area contributed by atoms with Crippen LogP contribution in [0, 0.1) is 5.92 Å². The van der Waals surface area contributed by atoms with Gasteiger partial charge in [0.2, 0.25) is 0 Å². The van der Waals surface area contributed by atoms with Gasteiger partial charge in [0.25, 0.3) is 0 Å². The Kier molecular flexibility index (Phi) is 4.37. The Balaban J connectivity index is 1.92. The molecule has 0 amide bonds. The van der Waals surface area contributed by atoms with Gasteiger partial charge in [0.1, 0.15) is 5.82 Å². The maximum atomic E-state index is 4.62. The first kappa shape index (κ1) is 12.4. The van der Waals surface area contributed by atoms with E-state index in [-0.39, 0.29) is 0 Å². The zero-order valence-electron chi connectivity index (χ0n) is 10.9. The van der Waals surface area contributed by atoms with Gasteiger partial charge in [0, 0.05) is 19.6 Å². The highest BCUT2D eigenvalue weighted by atomic mass is 15.2. The molecule has 3 heteroatoms. The summed E-state index contributed by atoms with van der Waals surface area (Å²) in [6.07, 6.45) is 2.66. The summed E-state index contributed by atoms with van der Waals surface area (Å²) in [6.45, 7) is 8.78. The summed E-state index contributed by atoms with van der Waals surface area (Å²) in [6, 6.07) is 6.25. The summed E-state index contributed by atoms with van der Waals surface area (Å²) in [4.78, 5) is 7.14. The highest BCUT2D eigenvalue weighted by molar-refractivity contribution is 5.34. The van der Waals surface area contributed by atoms with Crippen LogP contribution in [0.2, 0.25) is 0 Å². The lowest BCUT2D eigenvalue weighted by molar-refractivity contribution is 0.311. The Hall–Kier alpha value is -1.09. The van der Waals surface area contributed by atoms with Crippen molar-refractivity contribution in [3.05, 3.63) is 23.9 Å². The van der Waals surface area contributed by atoms with Crippen LogP contribution in [0.4, 0.5) is 5.82 Å². The summed E-state index contributed by atoms with van der Waals surface area (Å²) in [5.74, 6) is 1.89. The molecule has 17 heavy (non-hydrogen) atoms. The molecule has 1 fully saturated rings. The standard InChI is InChI=1S/C14H23N3/c1-3-12-8-9-17(10-12)11-13-6-5-7-14(16-13)15-4-2/h5-7,12H,3-4,8-11H2,1-2H3,(H,15,16). The van der Waals surface area contributed by atoms with E-state index >= 15 is 0 Å². The molecule has 0 aliphatic carbocycles. The summed E-state index contributed by atoms with van der Waals surface area (Å²) in [5, 5.41) is 3.26. The highest BCUT2D eigenvalue weighted by Gasteiger charge is 2.20. The molecule has 1 N–H and O–H groups in total. The summed E-state index contributed by atoms with van der Waals surface area (Å²) < 4.78 is 0. The summed E-state index contributed by atoms with van der Waals surface area (Å²) in [7, 11) is 0. The quantitative estimate of drug-likeness (QED) is 0.847. The van der Waals surface area contributed by atoms with E-state index in [1.165, 1.54) is 31.6 Å². The van der Waals surface area contributed by atoms with Crippen molar-refractivity contribution in [2.24, 2.45) is 5.92 Å². The molecule has 0 bridgehead atoms. The third-order valence-electron chi connectivity index (χ3n) is 3.50. The van der Waals surface area contributed by atoms with Crippen LogP contribution in [0.1, 0.15) is 32.4 Å². The fourth-order valence-corrected chi connectivity index (χ4v) is 2.47. The lowest BCUT2D eigenvalue weighted by atomic mass is 10.1. The number of pyridine rings is 1. The van der Waals surface area contributed by atoms with Gasteiger partial charge < -0.3 is 5.32 Å². The van der Waals surface area contributed by atoms with Crippen LogP contribution in [0.25, 0.3) is 0 Å². The Bertz CT molecular complexity index is 351. The zero-order valence-corrected chi connectivity index (χ0v) is 10.9. The molecule has 1 atom stereocenters. The van der Waals surface area contributed by atoms with Crippen LogP contribution in [0.3, 0.4) is 0 Å². The van der Waals surface area contributed by atoms with E-state index in [4.69, 9.17) is 0 Å². The van der Waals surface area contributed by atoms with Crippen molar-refractivity contribution < 1.29 is 0 Å².